The van der Waals surface area contributed by atoms with Gasteiger partial charge >= 0.3 is 0 Å². The molecule has 0 N–H and O–H groups in total. The molecule has 182 valence electrons. The van der Waals surface area contributed by atoms with Crippen LogP contribution in [0.4, 0.5) is 0 Å². The largest absolute Gasteiger partial charge is 0.238 e. The van der Waals surface area contributed by atoms with E-state index in [-0.39, 0.29) is 9.49 Å². The molecule has 0 saturated carbocycles. The second-order valence-electron chi connectivity index (χ2n) is 7.84. The van der Waals surface area contributed by atoms with Crippen LogP contribution in [-0.4, -0.2) is 29.4 Å². The van der Waals surface area contributed by atoms with Crippen molar-refractivity contribution in [3.05, 3.63) is 48.2 Å². The molecule has 0 saturated heterocycles. The quantitative estimate of drug-likeness (QED) is 0.133. The Morgan fingerprint density at radius 1 is 0.667 bits per heavy atom. The number of rotatable bonds is 4. The Labute approximate surface area is 239 Å². The smallest absolute Gasteiger partial charge is 0.118 e. The van der Waals surface area contributed by atoms with Crippen LogP contribution in [0.1, 0.15) is 41.5 Å². The number of nitrogens with zero attached hydrogens (tertiary/aromatic N) is 4. The zero-order chi connectivity index (χ0) is 24.7. The topological polar surface area (TPSA) is 51.6 Å². The Hall–Kier alpha value is 0.400. The van der Waals surface area contributed by atoms with E-state index in [4.69, 9.17) is 0 Å². The lowest BCUT2D eigenvalue weighted by Crippen LogP contribution is -2.06. The van der Waals surface area contributed by atoms with Gasteiger partial charge in [-0.25, -0.2) is 19.9 Å². The molecule has 0 aromatic carbocycles. The maximum atomic E-state index is 4.18. The lowest BCUT2D eigenvalue weighted by Gasteiger charge is -2.14. The summed E-state index contributed by atoms with van der Waals surface area (Å²) in [5.74, 6) is 0. The first-order valence-electron chi connectivity index (χ1n) is 9.36. The van der Waals surface area contributed by atoms with Gasteiger partial charge in [0.15, 0.2) is 0 Å². The van der Waals surface area contributed by atoms with Crippen LogP contribution in [0.3, 0.4) is 0 Å². The monoisotopic (exact) mass is 658 g/mol. The second kappa shape index (κ2) is 17.0. The highest BCUT2D eigenvalue weighted by atomic mass is 79.9. The summed E-state index contributed by atoms with van der Waals surface area (Å²) >= 11 is 15.6. The van der Waals surface area contributed by atoms with Crippen LogP contribution < -0.4 is 0 Å². The number of thioether (sulfide) groups is 1. The Morgan fingerprint density at radius 2 is 1.03 bits per heavy atom. The maximum absolute atomic E-state index is 4.18. The van der Waals surface area contributed by atoms with Gasteiger partial charge < -0.3 is 0 Å². The van der Waals surface area contributed by atoms with Crippen molar-refractivity contribution in [2.24, 2.45) is 0 Å². The van der Waals surface area contributed by atoms with Gasteiger partial charge in [-0.2, -0.15) is 12.6 Å². The normalized spacial score (nSPS) is 10.8. The van der Waals surface area contributed by atoms with E-state index in [2.05, 4.69) is 95.4 Å². The summed E-state index contributed by atoms with van der Waals surface area (Å²) in [4.78, 5) is 16.3. The van der Waals surface area contributed by atoms with Crippen LogP contribution in [0.25, 0.3) is 0 Å². The number of thiol groups is 1. The van der Waals surface area contributed by atoms with Crippen LogP contribution in [-0.2, 0) is 0 Å². The van der Waals surface area contributed by atoms with E-state index in [1.165, 1.54) is 0 Å². The summed E-state index contributed by atoms with van der Waals surface area (Å²) in [6.45, 7) is 12.7. The molecule has 0 bridgehead atoms. The van der Waals surface area contributed by atoms with E-state index in [0.717, 1.165) is 19.7 Å². The Morgan fingerprint density at radius 3 is 1.27 bits per heavy atom. The molecule has 4 rings (SSSR count). The fourth-order valence-corrected chi connectivity index (χ4v) is 7.32. The predicted molar refractivity (Wildman–Crippen MR) is 162 cm³/mol. The summed E-state index contributed by atoms with van der Waals surface area (Å²) in [5.41, 5.74) is 7.33. The molecule has 33 heavy (non-hydrogen) atoms. The number of halogens is 1. The fraction of sp³-hybridized carbons (Fsp3) is 0.400. The van der Waals surface area contributed by atoms with Crippen molar-refractivity contribution in [1.29, 1.82) is 0 Å². The molecule has 0 unspecified atom stereocenters. The highest BCUT2D eigenvalue weighted by Gasteiger charge is 2.12. The van der Waals surface area contributed by atoms with E-state index < -0.39 is 0 Å². The molecule has 4 aromatic rings. The molecule has 4 aromatic heterocycles. The van der Waals surface area contributed by atoms with Crippen molar-refractivity contribution in [3.63, 3.8) is 0 Å². The lowest BCUT2D eigenvalue weighted by atomic mass is 10.3. The molecule has 0 spiro atoms. The van der Waals surface area contributed by atoms with Crippen molar-refractivity contribution in [1.82, 2.24) is 19.9 Å². The summed E-state index contributed by atoms with van der Waals surface area (Å²) in [6.07, 6.45) is 0. The van der Waals surface area contributed by atoms with Gasteiger partial charge in [0.2, 0.25) is 0 Å². The van der Waals surface area contributed by atoms with Gasteiger partial charge in [-0.3, -0.25) is 0 Å². The van der Waals surface area contributed by atoms with E-state index >= 15 is 0 Å². The summed E-state index contributed by atoms with van der Waals surface area (Å²) in [7, 11) is 3.29. The third-order valence-corrected chi connectivity index (χ3v) is 8.98. The molecule has 13 heteroatoms. The van der Waals surface area contributed by atoms with Crippen LogP contribution >= 0.6 is 107 Å². The summed E-state index contributed by atoms with van der Waals surface area (Å²) < 4.78 is 1.40. The van der Waals surface area contributed by atoms with Crippen LogP contribution in [0, 0.1) is 0 Å². The highest BCUT2D eigenvalue weighted by molar-refractivity contribution is 9.10. The molecular formula is C20H27BrN4S8. The SMILES string of the molecule is Brc1cscn1.CC(C)(C)S.CC(C)(C)Sc1cscn1.c1nc(SSc2cscn2)cs1. The lowest BCUT2D eigenvalue weighted by molar-refractivity contribution is 0.800. The fourth-order valence-electron chi connectivity index (χ4n) is 1.33. The van der Waals surface area contributed by atoms with Crippen LogP contribution in [0.5, 0.6) is 0 Å². The first-order valence-corrected chi connectivity index (χ1v) is 17.3. The van der Waals surface area contributed by atoms with Gasteiger partial charge in [-0.05, 0) is 37.5 Å². The first-order chi connectivity index (χ1) is 15.4. The molecule has 0 aliphatic rings. The van der Waals surface area contributed by atoms with Gasteiger partial charge in [-0.15, -0.1) is 45.3 Å². The molecule has 0 aliphatic heterocycles. The first kappa shape index (κ1) is 31.4. The molecule has 0 amide bonds. The maximum Gasteiger partial charge on any atom is 0.118 e. The predicted octanol–water partition coefficient (Wildman–Crippen LogP) is 10.1. The minimum Gasteiger partial charge on any atom is -0.238 e. The minimum atomic E-state index is 0.194. The van der Waals surface area contributed by atoms with Crippen molar-refractivity contribution in [3.8, 4) is 0 Å². The van der Waals surface area contributed by atoms with Gasteiger partial charge in [0.1, 0.15) is 19.7 Å². The third-order valence-electron chi connectivity index (χ3n) is 2.25. The Bertz CT molecular complexity index is 889. The molecule has 0 aliphatic carbocycles. The summed E-state index contributed by atoms with van der Waals surface area (Å²) in [5, 5.41) is 11.3. The number of hydrogen-bond donors (Lipinski definition) is 1. The van der Waals surface area contributed by atoms with E-state index in [1.807, 2.05) is 32.7 Å². The average molecular weight is 660 g/mol. The van der Waals surface area contributed by atoms with E-state index in [0.29, 0.717) is 0 Å². The Kier molecular flexibility index (Phi) is 16.2. The molecule has 0 radical (unpaired) electrons. The minimum absolute atomic E-state index is 0.194. The molecule has 4 heterocycles. The van der Waals surface area contributed by atoms with Crippen molar-refractivity contribution < 1.29 is 0 Å². The van der Waals surface area contributed by atoms with E-state index in [1.54, 1.807) is 84.2 Å². The molecular weight excluding hydrogens is 633 g/mol. The van der Waals surface area contributed by atoms with E-state index in [9.17, 15) is 0 Å². The summed E-state index contributed by atoms with van der Waals surface area (Å²) in [6, 6.07) is 0. The zero-order valence-electron chi connectivity index (χ0n) is 19.1. The number of hydrogen-bond acceptors (Lipinski definition) is 12. The van der Waals surface area contributed by atoms with Gasteiger partial charge in [0, 0.05) is 31.0 Å². The highest BCUT2D eigenvalue weighted by Crippen LogP contribution is 2.36. The molecule has 4 nitrogen and oxygen atoms in total. The van der Waals surface area contributed by atoms with Gasteiger partial charge in [0.05, 0.1) is 22.0 Å². The Balaban J connectivity index is 0.000000234. The third kappa shape index (κ3) is 20.3. The van der Waals surface area contributed by atoms with Crippen LogP contribution in [0.2, 0.25) is 0 Å². The van der Waals surface area contributed by atoms with Gasteiger partial charge in [0.25, 0.3) is 0 Å². The molecule has 0 fully saturated rings. The van der Waals surface area contributed by atoms with Crippen molar-refractivity contribution in [2.45, 2.75) is 66.1 Å². The van der Waals surface area contributed by atoms with Crippen molar-refractivity contribution in [2.75, 3.05) is 0 Å². The molecule has 0 atom stereocenters. The second-order valence-corrected chi connectivity index (χ2v) is 16.9. The number of thiazole rings is 4. The standard InChI is InChI=1S/C7H11NS2.C6H4N2S4.C4H10S.C3H2BrNS/c1-7(2,3)10-6-4-9-5-8-6;1-5(7-3-9-1)11-12-6-2-10-4-8-6;1-4(2,3)5;4-3-1-6-2-5-3/h4-5H,1-3H3;1-4H;5H,1-3H3;1-2H. The van der Waals surface area contributed by atoms with Crippen LogP contribution in [0.15, 0.2) is 63.2 Å². The zero-order valence-corrected chi connectivity index (χ0v) is 27.3. The number of aromatic nitrogens is 4. The average Bonchev–Trinajstić information content (AvgIpc) is 3.47. The van der Waals surface area contributed by atoms with Crippen molar-refractivity contribution >= 4 is 107 Å². The van der Waals surface area contributed by atoms with Gasteiger partial charge in [-0.1, -0.05) is 53.3 Å².